The number of para-hydroxylation sites is 3. The Morgan fingerprint density at radius 3 is 2.23 bits per heavy atom. The number of hydrogen-bond donors (Lipinski definition) is 1. The third-order valence-electron chi connectivity index (χ3n) is 13.1. The lowest BCUT2D eigenvalue weighted by molar-refractivity contribution is 0.566. The van der Waals surface area contributed by atoms with E-state index in [9.17, 15) is 0 Å². The van der Waals surface area contributed by atoms with Gasteiger partial charge in [-0.3, -0.25) is 10.0 Å². The summed E-state index contributed by atoms with van der Waals surface area (Å²) in [4.78, 5) is 7.76. The van der Waals surface area contributed by atoms with E-state index in [4.69, 9.17) is 4.99 Å². The quantitative estimate of drug-likeness (QED) is 0.0946. The molecule has 0 saturated carbocycles. The molecule has 3 atom stereocenters. The van der Waals surface area contributed by atoms with Gasteiger partial charge in [-0.2, -0.15) is 0 Å². The van der Waals surface area contributed by atoms with Gasteiger partial charge < -0.3 is 9.47 Å². The maximum absolute atomic E-state index is 5.23. The minimum absolute atomic E-state index is 0.227. The van der Waals surface area contributed by atoms with Crippen LogP contribution in [0.4, 0.5) is 11.4 Å². The van der Waals surface area contributed by atoms with Crippen LogP contribution in [0.2, 0.25) is 0 Å². The number of nitrogens with one attached hydrogen (secondary N) is 1. The molecule has 3 unspecified atom stereocenters. The van der Waals surface area contributed by atoms with E-state index in [-0.39, 0.29) is 12.2 Å². The summed E-state index contributed by atoms with van der Waals surface area (Å²) in [6, 6.07) is 64.3. The molecule has 0 radical (unpaired) electrons. The smallest absolute Gasteiger partial charge is 0.147 e. The number of aromatic nitrogens is 1. The highest BCUT2D eigenvalue weighted by Crippen LogP contribution is 2.49. The van der Waals surface area contributed by atoms with Crippen molar-refractivity contribution in [2.75, 3.05) is 4.90 Å². The maximum atomic E-state index is 5.23. The summed E-state index contributed by atoms with van der Waals surface area (Å²) in [5.74, 6) is 1.39. The first-order chi connectivity index (χ1) is 30.7. The highest BCUT2D eigenvalue weighted by Gasteiger charge is 2.42. The molecule has 0 spiro atoms. The lowest BCUT2D eigenvalue weighted by Crippen LogP contribution is -2.28. The molecule has 1 N–H and O–H groups in total. The van der Waals surface area contributed by atoms with Crippen molar-refractivity contribution in [2.24, 2.45) is 10.9 Å². The van der Waals surface area contributed by atoms with Crippen LogP contribution in [0.15, 0.2) is 217 Å². The molecular formula is C57H45N5. The zero-order valence-electron chi connectivity index (χ0n) is 34.3. The number of hydrazine groups is 1. The third-order valence-corrected chi connectivity index (χ3v) is 13.1. The van der Waals surface area contributed by atoms with Crippen LogP contribution in [0.1, 0.15) is 35.1 Å². The summed E-state index contributed by atoms with van der Waals surface area (Å²) < 4.78 is 2.42. The average molecular weight is 800 g/mol. The predicted molar refractivity (Wildman–Crippen MR) is 257 cm³/mol. The Hall–Kier alpha value is -7.47. The number of rotatable bonds is 8. The number of benzene rings is 7. The molecule has 8 aromatic rings. The fourth-order valence-electron chi connectivity index (χ4n) is 9.98. The first-order valence-electron chi connectivity index (χ1n) is 21.8. The van der Waals surface area contributed by atoms with Gasteiger partial charge in [-0.1, -0.05) is 158 Å². The number of aliphatic imine (C=N–C) groups is 1. The second-order valence-corrected chi connectivity index (χ2v) is 16.8. The second-order valence-electron chi connectivity index (χ2n) is 16.8. The molecule has 5 nitrogen and oxygen atoms in total. The Balaban J connectivity index is 0.862. The van der Waals surface area contributed by atoms with Gasteiger partial charge in [0.2, 0.25) is 0 Å². The van der Waals surface area contributed by atoms with Gasteiger partial charge in [0.05, 0.1) is 23.6 Å². The van der Waals surface area contributed by atoms with Gasteiger partial charge in [-0.05, 0) is 101 Å². The van der Waals surface area contributed by atoms with Gasteiger partial charge in [0, 0.05) is 44.9 Å². The molecule has 2 aliphatic heterocycles. The molecule has 62 heavy (non-hydrogen) atoms. The molecule has 5 heteroatoms. The lowest BCUT2D eigenvalue weighted by atomic mass is 9.88. The van der Waals surface area contributed by atoms with Gasteiger partial charge >= 0.3 is 0 Å². The fraction of sp³-hybridized carbons (Fsp3) is 0.105. The van der Waals surface area contributed by atoms with Gasteiger partial charge in [-0.25, -0.2) is 5.43 Å². The van der Waals surface area contributed by atoms with Gasteiger partial charge in [0.15, 0.2) is 0 Å². The largest absolute Gasteiger partial charge is 0.333 e. The van der Waals surface area contributed by atoms with E-state index >= 15 is 0 Å². The van der Waals surface area contributed by atoms with Crippen molar-refractivity contribution in [3.8, 4) is 16.8 Å². The molecular weight excluding hydrogens is 755 g/mol. The number of amidine groups is 1. The van der Waals surface area contributed by atoms with Crippen LogP contribution in [-0.2, 0) is 6.54 Å². The fourth-order valence-corrected chi connectivity index (χ4v) is 9.98. The van der Waals surface area contributed by atoms with Crippen molar-refractivity contribution in [1.82, 2.24) is 15.0 Å². The standard InChI is InChI=1S/C57H45N5/c1-4-15-39(16-5-1)38-58-56(62-57(59-62)41-17-6-2-7-18-41)45-20-14-19-42(35-45)43-30-34-54-51(36-43)49-24-11-13-26-53(49)60(54)47-31-27-40(28-32-47)44-29-33-50-48-23-10-12-25-52(48)61(55(50)37-44)46-21-8-3-9-22-46/h1-17,19-36,41,55,57,59H,18,37-38H2. The monoisotopic (exact) mass is 799 g/mol. The molecule has 1 saturated heterocycles. The molecule has 1 fully saturated rings. The molecule has 3 heterocycles. The molecule has 1 aromatic heterocycles. The van der Waals surface area contributed by atoms with E-state index in [0.717, 1.165) is 29.9 Å². The Morgan fingerprint density at radius 2 is 1.37 bits per heavy atom. The van der Waals surface area contributed by atoms with Crippen LogP contribution in [0.5, 0.6) is 0 Å². The van der Waals surface area contributed by atoms with Crippen molar-refractivity contribution < 1.29 is 0 Å². The van der Waals surface area contributed by atoms with Crippen molar-refractivity contribution in [3.05, 3.63) is 235 Å². The first kappa shape index (κ1) is 36.4. The summed E-state index contributed by atoms with van der Waals surface area (Å²) in [6.07, 6.45) is 15.7. The minimum Gasteiger partial charge on any atom is -0.333 e. The van der Waals surface area contributed by atoms with Gasteiger partial charge in [-0.15, -0.1) is 0 Å². The predicted octanol–water partition coefficient (Wildman–Crippen LogP) is 13.1. The van der Waals surface area contributed by atoms with Gasteiger partial charge in [0.1, 0.15) is 12.0 Å². The SMILES string of the molecule is C1=CCC(C2NN2C(=NCc2ccccc2)c2cccc(-c3ccc4c(c3)c3ccccc3n4-c3ccc(C4=CC=C5c6ccccc6N(c6ccccc6)C5C4)cc3)c2)C=C1. The summed E-state index contributed by atoms with van der Waals surface area (Å²) in [7, 11) is 0. The Bertz CT molecular complexity index is 3150. The topological polar surface area (TPSA) is 45.5 Å². The summed E-state index contributed by atoms with van der Waals surface area (Å²) in [5.41, 5.74) is 19.7. The lowest BCUT2D eigenvalue weighted by Gasteiger charge is -2.30. The van der Waals surface area contributed by atoms with Crippen LogP contribution in [-0.4, -0.2) is 27.6 Å². The molecule has 2 aliphatic carbocycles. The van der Waals surface area contributed by atoms with Crippen LogP contribution in [0.25, 0.3) is 49.8 Å². The van der Waals surface area contributed by atoms with Crippen LogP contribution < -0.4 is 10.3 Å². The summed E-state index contributed by atoms with van der Waals surface area (Å²) in [6.45, 7) is 0.621. The third kappa shape index (κ3) is 6.41. The molecule has 0 bridgehead atoms. The molecule has 298 valence electrons. The van der Waals surface area contributed by atoms with Crippen molar-refractivity contribution in [2.45, 2.75) is 31.6 Å². The molecule has 12 rings (SSSR count). The normalized spacial score (nSPS) is 19.1. The van der Waals surface area contributed by atoms with Crippen molar-refractivity contribution in [1.29, 1.82) is 0 Å². The zero-order valence-corrected chi connectivity index (χ0v) is 34.3. The van der Waals surface area contributed by atoms with Crippen molar-refractivity contribution in [3.63, 3.8) is 0 Å². The highest BCUT2D eigenvalue weighted by molar-refractivity contribution is 6.11. The Morgan fingerprint density at radius 1 is 0.613 bits per heavy atom. The number of hydrogen-bond acceptors (Lipinski definition) is 3. The maximum Gasteiger partial charge on any atom is 0.147 e. The van der Waals surface area contributed by atoms with Crippen LogP contribution in [0.3, 0.4) is 0 Å². The molecule has 7 aromatic carbocycles. The Kier molecular flexibility index (Phi) is 8.93. The van der Waals surface area contributed by atoms with E-state index in [2.05, 4.69) is 232 Å². The summed E-state index contributed by atoms with van der Waals surface area (Å²) in [5, 5.41) is 4.74. The Labute approximate surface area is 362 Å². The van der Waals surface area contributed by atoms with E-state index in [1.165, 1.54) is 72.1 Å². The number of allylic oxidation sites excluding steroid dienone is 5. The van der Waals surface area contributed by atoms with E-state index < -0.39 is 0 Å². The van der Waals surface area contributed by atoms with Crippen molar-refractivity contribution >= 4 is 50.2 Å². The number of nitrogens with zero attached hydrogens (tertiary/aromatic N) is 4. The average Bonchev–Trinajstić information content (AvgIpc) is 3.97. The van der Waals surface area contributed by atoms with E-state index in [1.807, 2.05) is 0 Å². The number of fused-ring (bicyclic) bond motifs is 6. The summed E-state index contributed by atoms with van der Waals surface area (Å²) >= 11 is 0. The van der Waals surface area contributed by atoms with Crippen LogP contribution in [0, 0.1) is 5.92 Å². The zero-order chi connectivity index (χ0) is 41.0. The number of anilines is 2. The molecule has 0 amide bonds. The first-order valence-corrected chi connectivity index (χ1v) is 21.8. The van der Waals surface area contributed by atoms with E-state index in [0.29, 0.717) is 12.5 Å². The van der Waals surface area contributed by atoms with Crippen LogP contribution >= 0.6 is 0 Å². The van der Waals surface area contributed by atoms with E-state index in [1.54, 1.807) is 0 Å². The van der Waals surface area contributed by atoms with Gasteiger partial charge in [0.25, 0.3) is 0 Å². The highest BCUT2D eigenvalue weighted by atomic mass is 15.8. The second kappa shape index (κ2) is 15.2. The minimum atomic E-state index is 0.227. The molecule has 4 aliphatic rings.